The molecule has 0 aromatic heterocycles. The van der Waals surface area contributed by atoms with Gasteiger partial charge in [0.25, 0.3) is 0 Å². The van der Waals surface area contributed by atoms with E-state index in [1.165, 1.54) is 24.3 Å². The third-order valence-electron chi connectivity index (χ3n) is 4.42. The number of halogens is 5. The first-order valence-corrected chi connectivity index (χ1v) is 9.70. The van der Waals surface area contributed by atoms with Crippen molar-refractivity contribution in [2.24, 2.45) is 0 Å². The lowest BCUT2D eigenvalue weighted by Crippen LogP contribution is -2.44. The minimum atomic E-state index is -5.94. The topological polar surface area (TPSA) is 75.3 Å². The molecule has 2 amide bonds. The molecular formula is C22H21F5N2O3. The van der Waals surface area contributed by atoms with Crippen LogP contribution < -0.4 is 10.6 Å². The number of para-hydroxylation sites is 1. The van der Waals surface area contributed by atoms with Crippen LogP contribution >= 0.6 is 0 Å². The van der Waals surface area contributed by atoms with Gasteiger partial charge in [-0.2, -0.15) is 22.0 Å². The number of benzene rings is 2. The van der Waals surface area contributed by atoms with Gasteiger partial charge in [-0.1, -0.05) is 30.3 Å². The van der Waals surface area contributed by atoms with E-state index in [1.807, 2.05) is 6.07 Å². The fourth-order valence-electron chi connectivity index (χ4n) is 2.70. The van der Waals surface area contributed by atoms with Crippen LogP contribution in [0.3, 0.4) is 0 Å². The Morgan fingerprint density at radius 3 is 1.62 bits per heavy atom. The van der Waals surface area contributed by atoms with E-state index in [2.05, 4.69) is 10.6 Å². The number of carbonyl (C=O) groups is 3. The van der Waals surface area contributed by atoms with E-state index in [0.717, 1.165) is 0 Å². The van der Waals surface area contributed by atoms with Crippen LogP contribution in [0.25, 0.3) is 0 Å². The van der Waals surface area contributed by atoms with Gasteiger partial charge in [-0.15, -0.1) is 0 Å². The van der Waals surface area contributed by atoms with Crippen molar-refractivity contribution in [3.63, 3.8) is 0 Å². The number of rotatable bonds is 10. The number of hydrogen-bond donors (Lipinski definition) is 2. The predicted molar refractivity (Wildman–Crippen MR) is 108 cm³/mol. The Kier molecular flexibility index (Phi) is 8.45. The van der Waals surface area contributed by atoms with E-state index in [-0.39, 0.29) is 30.2 Å². The molecule has 2 rings (SSSR count). The summed E-state index contributed by atoms with van der Waals surface area (Å²) in [7, 11) is 0. The summed E-state index contributed by atoms with van der Waals surface area (Å²) in [5.74, 6) is -8.19. The van der Waals surface area contributed by atoms with E-state index in [4.69, 9.17) is 0 Å². The Hall–Kier alpha value is -3.30. The molecule has 2 aromatic carbocycles. The first-order valence-electron chi connectivity index (χ1n) is 9.70. The zero-order valence-electron chi connectivity index (χ0n) is 16.8. The monoisotopic (exact) mass is 456 g/mol. The van der Waals surface area contributed by atoms with Crippen molar-refractivity contribution in [1.29, 1.82) is 0 Å². The summed E-state index contributed by atoms with van der Waals surface area (Å²) in [6, 6.07) is 13.9. The molecule has 2 aromatic rings. The molecule has 0 aliphatic carbocycles. The fraction of sp³-hybridized carbons (Fsp3) is 0.318. The number of nitrogens with one attached hydrogen (secondary N) is 2. The third kappa shape index (κ3) is 7.44. The predicted octanol–water partition coefficient (Wildman–Crippen LogP) is 5.13. The summed E-state index contributed by atoms with van der Waals surface area (Å²) in [5, 5.41) is 5.29. The Balaban J connectivity index is 1.72. The highest BCUT2D eigenvalue weighted by atomic mass is 19.4. The third-order valence-corrected chi connectivity index (χ3v) is 4.42. The highest BCUT2D eigenvalue weighted by Gasteiger charge is 2.62. The smallest absolute Gasteiger partial charge is 0.326 e. The van der Waals surface area contributed by atoms with Gasteiger partial charge in [-0.3, -0.25) is 14.4 Å². The Bertz CT molecular complexity index is 929. The second kappa shape index (κ2) is 10.8. The average Bonchev–Trinajstić information content (AvgIpc) is 2.72. The number of anilines is 2. The summed E-state index contributed by atoms with van der Waals surface area (Å²) in [6.45, 7) is 0. The van der Waals surface area contributed by atoms with Gasteiger partial charge in [-0.25, -0.2) is 0 Å². The van der Waals surface area contributed by atoms with Crippen LogP contribution in [0.2, 0.25) is 0 Å². The van der Waals surface area contributed by atoms with E-state index in [9.17, 15) is 36.3 Å². The molecule has 172 valence electrons. The van der Waals surface area contributed by atoms with Crippen molar-refractivity contribution >= 4 is 29.0 Å². The molecule has 0 bridgehead atoms. The quantitative estimate of drug-likeness (QED) is 0.384. The van der Waals surface area contributed by atoms with Crippen LogP contribution in [-0.4, -0.2) is 29.7 Å². The molecule has 0 unspecified atom stereocenters. The minimum absolute atomic E-state index is 0.0404. The SMILES string of the molecule is O=C(CCCCC(=O)Nc1ccc(CC(=O)C(F)(F)C(F)(F)F)cc1)Nc1ccccc1. The van der Waals surface area contributed by atoms with Crippen LogP contribution in [-0.2, 0) is 20.8 Å². The van der Waals surface area contributed by atoms with E-state index >= 15 is 0 Å². The van der Waals surface area contributed by atoms with Crippen molar-refractivity contribution in [3.8, 4) is 0 Å². The molecule has 0 saturated carbocycles. The van der Waals surface area contributed by atoms with Gasteiger partial charge in [0.1, 0.15) is 0 Å². The Morgan fingerprint density at radius 2 is 1.16 bits per heavy atom. The number of carbonyl (C=O) groups excluding carboxylic acids is 3. The van der Waals surface area contributed by atoms with Crippen molar-refractivity contribution in [2.75, 3.05) is 10.6 Å². The van der Waals surface area contributed by atoms with Gasteiger partial charge in [0.2, 0.25) is 17.6 Å². The van der Waals surface area contributed by atoms with E-state index < -0.39 is 24.3 Å². The molecule has 5 nitrogen and oxygen atoms in total. The molecule has 10 heteroatoms. The number of Topliss-reactive ketones (excluding diaryl/α,β-unsaturated/α-hetero) is 1. The lowest BCUT2D eigenvalue weighted by atomic mass is 10.0. The van der Waals surface area contributed by atoms with Crippen molar-refractivity contribution in [1.82, 2.24) is 0 Å². The largest absolute Gasteiger partial charge is 0.461 e. The van der Waals surface area contributed by atoms with Gasteiger partial charge in [-0.05, 0) is 42.7 Å². The molecule has 0 radical (unpaired) electrons. The van der Waals surface area contributed by atoms with Crippen LogP contribution in [0.4, 0.5) is 33.3 Å². The first kappa shape index (κ1) is 25.0. The van der Waals surface area contributed by atoms with Crippen LogP contribution in [0.1, 0.15) is 31.2 Å². The first-order chi connectivity index (χ1) is 15.0. The summed E-state index contributed by atoms with van der Waals surface area (Å²) in [5.41, 5.74) is 0.944. The minimum Gasteiger partial charge on any atom is -0.326 e. The Labute approximate surface area is 181 Å². The van der Waals surface area contributed by atoms with Crippen molar-refractivity contribution in [2.45, 2.75) is 44.2 Å². The molecular weight excluding hydrogens is 435 g/mol. The summed E-state index contributed by atoms with van der Waals surface area (Å²) in [4.78, 5) is 35.1. The number of hydrogen-bond acceptors (Lipinski definition) is 3. The number of amides is 2. The maximum atomic E-state index is 13.0. The van der Waals surface area contributed by atoms with Gasteiger partial charge in [0.05, 0.1) is 0 Å². The van der Waals surface area contributed by atoms with Crippen molar-refractivity contribution < 1.29 is 36.3 Å². The number of unbranched alkanes of at least 4 members (excludes halogenated alkanes) is 1. The molecule has 0 atom stereocenters. The molecule has 0 aliphatic rings. The lowest BCUT2D eigenvalue weighted by Gasteiger charge is -2.18. The number of ketones is 1. The zero-order valence-corrected chi connectivity index (χ0v) is 16.8. The normalized spacial score (nSPS) is 11.7. The molecule has 0 spiro atoms. The summed E-state index contributed by atoms with van der Waals surface area (Å²) in [6.07, 6.45) is -5.72. The summed E-state index contributed by atoms with van der Waals surface area (Å²) < 4.78 is 62.7. The van der Waals surface area contributed by atoms with E-state index in [0.29, 0.717) is 24.2 Å². The highest BCUT2D eigenvalue weighted by molar-refractivity contribution is 5.92. The second-order valence-corrected chi connectivity index (χ2v) is 7.04. The van der Waals surface area contributed by atoms with Crippen molar-refractivity contribution in [3.05, 3.63) is 60.2 Å². The summed E-state index contributed by atoms with van der Waals surface area (Å²) >= 11 is 0. The Morgan fingerprint density at radius 1 is 0.688 bits per heavy atom. The maximum absolute atomic E-state index is 13.0. The van der Waals surface area contributed by atoms with Crippen LogP contribution in [0, 0.1) is 0 Å². The standard InChI is InChI=1S/C22H21F5N2O3/c23-21(24,22(25,26)27)18(30)14-15-10-12-17(13-11-15)29-20(32)9-5-4-8-19(31)28-16-6-2-1-3-7-16/h1-3,6-7,10-13H,4-5,8-9,14H2,(H,28,31)(H,29,32). The lowest BCUT2D eigenvalue weighted by molar-refractivity contribution is -0.268. The van der Waals surface area contributed by atoms with Gasteiger partial charge in [0, 0.05) is 30.6 Å². The molecule has 0 saturated heterocycles. The van der Waals surface area contributed by atoms with Crippen LogP contribution in [0.5, 0.6) is 0 Å². The fourth-order valence-corrected chi connectivity index (χ4v) is 2.70. The maximum Gasteiger partial charge on any atom is 0.461 e. The average molecular weight is 456 g/mol. The van der Waals surface area contributed by atoms with Crippen LogP contribution in [0.15, 0.2) is 54.6 Å². The number of alkyl halides is 5. The second-order valence-electron chi connectivity index (χ2n) is 7.04. The van der Waals surface area contributed by atoms with E-state index in [1.54, 1.807) is 24.3 Å². The van der Waals surface area contributed by atoms with Gasteiger partial charge < -0.3 is 10.6 Å². The molecule has 0 aliphatic heterocycles. The van der Waals surface area contributed by atoms with Gasteiger partial charge >= 0.3 is 12.1 Å². The zero-order chi connectivity index (χ0) is 23.8. The van der Waals surface area contributed by atoms with Gasteiger partial charge in [0.15, 0.2) is 0 Å². The molecule has 0 heterocycles. The molecule has 32 heavy (non-hydrogen) atoms. The molecule has 0 fully saturated rings. The highest BCUT2D eigenvalue weighted by Crippen LogP contribution is 2.36. The molecule has 2 N–H and O–H groups in total.